The lowest BCUT2D eigenvalue weighted by Crippen LogP contribution is -2.51. The van der Waals surface area contributed by atoms with Gasteiger partial charge in [0.05, 0.1) is 27.6 Å². The Balaban J connectivity index is 1.40. The molecule has 0 amide bonds. The highest BCUT2D eigenvalue weighted by atomic mass is 32.2. The van der Waals surface area contributed by atoms with Gasteiger partial charge in [0.25, 0.3) is 0 Å². The second-order valence-corrected chi connectivity index (χ2v) is 9.78. The number of hydrogen-bond donors (Lipinski definition) is 2. The molecule has 160 valence electrons. The van der Waals surface area contributed by atoms with Crippen molar-refractivity contribution < 1.29 is 4.21 Å². The zero-order valence-electron chi connectivity index (χ0n) is 17.3. The quantitative estimate of drug-likeness (QED) is 0.680. The van der Waals surface area contributed by atoms with Gasteiger partial charge < -0.3 is 16.0 Å². The molecule has 0 unspecified atom stereocenters. The van der Waals surface area contributed by atoms with Crippen molar-refractivity contribution in [2.24, 2.45) is 5.73 Å². The van der Waals surface area contributed by atoms with Gasteiger partial charge >= 0.3 is 0 Å². The molecule has 3 aliphatic rings. The van der Waals surface area contributed by atoms with Gasteiger partial charge in [0.15, 0.2) is 5.82 Å². The van der Waals surface area contributed by atoms with Gasteiger partial charge in [0.2, 0.25) is 5.95 Å². The molecule has 0 aromatic carbocycles. The Labute approximate surface area is 184 Å². The topological polar surface area (TPSA) is 110 Å². The van der Waals surface area contributed by atoms with Crippen LogP contribution in [-0.2, 0) is 17.2 Å². The lowest BCUT2D eigenvalue weighted by molar-refractivity contribution is 0.286. The fourth-order valence-corrected chi connectivity index (χ4v) is 5.57. The van der Waals surface area contributed by atoms with Gasteiger partial charge in [-0.2, -0.15) is 4.98 Å². The van der Waals surface area contributed by atoms with E-state index in [1.807, 2.05) is 0 Å². The highest BCUT2D eigenvalue weighted by molar-refractivity contribution is 7.85. The van der Waals surface area contributed by atoms with Crippen LogP contribution in [0.2, 0.25) is 0 Å². The SMILES string of the molecule is C#Cc1cnc(C2=CCN(c3nc4c(c(NC5(CN)CCC5)n3)[S@](=O)CC4)CC2)nc1. The van der Waals surface area contributed by atoms with Crippen LogP contribution in [0.15, 0.2) is 23.4 Å². The van der Waals surface area contributed by atoms with E-state index < -0.39 is 10.8 Å². The third-order valence-corrected chi connectivity index (χ3v) is 7.82. The Morgan fingerprint density at radius 2 is 2.06 bits per heavy atom. The summed E-state index contributed by atoms with van der Waals surface area (Å²) in [6.07, 6.45) is 15.5. The zero-order valence-corrected chi connectivity index (χ0v) is 18.1. The second kappa shape index (κ2) is 8.02. The molecule has 5 rings (SSSR count). The maximum absolute atomic E-state index is 12.6. The summed E-state index contributed by atoms with van der Waals surface area (Å²) in [6.45, 7) is 1.97. The molecule has 2 aliphatic heterocycles. The molecular formula is C22H25N7OS. The first-order chi connectivity index (χ1) is 15.1. The van der Waals surface area contributed by atoms with E-state index in [2.05, 4.69) is 32.2 Å². The van der Waals surface area contributed by atoms with Crippen LogP contribution in [-0.4, -0.2) is 55.1 Å². The maximum Gasteiger partial charge on any atom is 0.227 e. The predicted octanol–water partition coefficient (Wildman–Crippen LogP) is 1.50. The average molecular weight is 436 g/mol. The predicted molar refractivity (Wildman–Crippen MR) is 121 cm³/mol. The standard InChI is InChI=1S/C22H25N7OS/c1-2-15-12-24-19(25-13-15)16-4-9-29(10-5-16)21-26-17-6-11-31(30)18(17)20(27-21)28-22(14-23)7-3-8-22/h1,4,12-13H,3,5-11,14,23H2,(H,26,27,28)/t31-/m1/s1. The number of nitrogens with one attached hydrogen (secondary N) is 1. The number of aromatic nitrogens is 4. The highest BCUT2D eigenvalue weighted by Crippen LogP contribution is 2.38. The van der Waals surface area contributed by atoms with E-state index in [-0.39, 0.29) is 5.54 Å². The maximum atomic E-state index is 12.6. The number of rotatable bonds is 5. The summed E-state index contributed by atoms with van der Waals surface area (Å²) < 4.78 is 12.6. The van der Waals surface area contributed by atoms with Crippen molar-refractivity contribution in [3.63, 3.8) is 0 Å². The Bertz CT molecular complexity index is 1100. The van der Waals surface area contributed by atoms with Crippen LogP contribution in [0.1, 0.15) is 42.8 Å². The van der Waals surface area contributed by atoms with Gasteiger partial charge in [-0.25, -0.2) is 15.0 Å². The number of nitrogens with zero attached hydrogens (tertiary/aromatic N) is 5. The highest BCUT2D eigenvalue weighted by Gasteiger charge is 2.38. The number of fused-ring (bicyclic) bond motifs is 1. The molecule has 1 saturated carbocycles. The van der Waals surface area contributed by atoms with Crippen LogP contribution in [0.4, 0.5) is 11.8 Å². The molecule has 0 saturated heterocycles. The normalized spacial score (nSPS) is 21.6. The molecule has 2 aromatic heterocycles. The third kappa shape index (κ3) is 3.70. The molecule has 9 heteroatoms. The summed E-state index contributed by atoms with van der Waals surface area (Å²) in [5.74, 6) is 5.22. The number of nitrogens with two attached hydrogens (primary N) is 1. The molecular weight excluding hydrogens is 410 g/mol. The van der Waals surface area contributed by atoms with E-state index in [0.717, 1.165) is 48.4 Å². The van der Waals surface area contributed by atoms with Crippen LogP contribution >= 0.6 is 0 Å². The summed E-state index contributed by atoms with van der Waals surface area (Å²) >= 11 is 0. The molecule has 0 spiro atoms. The summed E-state index contributed by atoms with van der Waals surface area (Å²) in [7, 11) is -1.06. The average Bonchev–Trinajstić information content (AvgIpc) is 3.17. The van der Waals surface area contributed by atoms with Gasteiger partial charge in [-0.1, -0.05) is 12.0 Å². The molecule has 1 fully saturated rings. The van der Waals surface area contributed by atoms with E-state index in [0.29, 0.717) is 48.4 Å². The Kier molecular flexibility index (Phi) is 5.20. The lowest BCUT2D eigenvalue weighted by atomic mass is 9.77. The number of hydrogen-bond acceptors (Lipinski definition) is 8. The van der Waals surface area contributed by atoms with E-state index >= 15 is 0 Å². The smallest absolute Gasteiger partial charge is 0.227 e. The van der Waals surface area contributed by atoms with Crippen LogP contribution in [0.3, 0.4) is 0 Å². The Morgan fingerprint density at radius 3 is 2.68 bits per heavy atom. The Hall–Kier alpha value is -2.83. The second-order valence-electron chi connectivity index (χ2n) is 8.28. The van der Waals surface area contributed by atoms with Crippen molar-refractivity contribution >= 4 is 28.1 Å². The summed E-state index contributed by atoms with van der Waals surface area (Å²) in [6, 6.07) is 0. The summed E-state index contributed by atoms with van der Waals surface area (Å²) in [4.78, 5) is 21.3. The number of terminal acetylenes is 1. The zero-order chi connectivity index (χ0) is 21.4. The van der Waals surface area contributed by atoms with Crippen LogP contribution in [0.25, 0.3) is 5.57 Å². The van der Waals surface area contributed by atoms with Crippen molar-refractivity contribution in [2.45, 2.75) is 42.5 Å². The molecule has 1 atom stereocenters. The van der Waals surface area contributed by atoms with Crippen LogP contribution < -0.4 is 16.0 Å². The fraction of sp³-hybridized carbons (Fsp3) is 0.455. The minimum atomic E-state index is -1.06. The molecule has 8 nitrogen and oxygen atoms in total. The first-order valence-electron chi connectivity index (χ1n) is 10.6. The van der Waals surface area contributed by atoms with Crippen molar-refractivity contribution in [1.29, 1.82) is 0 Å². The molecule has 4 heterocycles. The molecule has 1 aliphatic carbocycles. The van der Waals surface area contributed by atoms with Crippen molar-refractivity contribution in [1.82, 2.24) is 19.9 Å². The van der Waals surface area contributed by atoms with Gasteiger partial charge in [0, 0.05) is 44.2 Å². The van der Waals surface area contributed by atoms with E-state index in [4.69, 9.17) is 22.1 Å². The van der Waals surface area contributed by atoms with E-state index in [9.17, 15) is 4.21 Å². The van der Waals surface area contributed by atoms with Crippen molar-refractivity contribution in [2.75, 3.05) is 35.6 Å². The number of aryl methyl sites for hydroxylation is 1. The van der Waals surface area contributed by atoms with Crippen molar-refractivity contribution in [3.8, 4) is 12.3 Å². The summed E-state index contributed by atoms with van der Waals surface area (Å²) in [5, 5.41) is 3.55. The molecule has 3 N–H and O–H groups in total. The largest absolute Gasteiger partial charge is 0.362 e. The minimum Gasteiger partial charge on any atom is -0.362 e. The first-order valence-corrected chi connectivity index (χ1v) is 11.9. The fourth-order valence-electron chi connectivity index (χ4n) is 4.27. The molecule has 31 heavy (non-hydrogen) atoms. The Morgan fingerprint density at radius 1 is 1.26 bits per heavy atom. The first kappa shape index (κ1) is 20.1. The van der Waals surface area contributed by atoms with Crippen LogP contribution in [0, 0.1) is 12.3 Å². The van der Waals surface area contributed by atoms with Gasteiger partial charge in [-0.3, -0.25) is 4.21 Å². The third-order valence-electron chi connectivity index (χ3n) is 6.36. The van der Waals surface area contributed by atoms with Crippen molar-refractivity contribution in [3.05, 3.63) is 35.6 Å². The number of anilines is 2. The van der Waals surface area contributed by atoms with Crippen LogP contribution in [0.5, 0.6) is 0 Å². The van der Waals surface area contributed by atoms with E-state index in [1.54, 1.807) is 12.4 Å². The summed E-state index contributed by atoms with van der Waals surface area (Å²) in [5.41, 5.74) is 8.56. The monoisotopic (exact) mass is 435 g/mol. The van der Waals surface area contributed by atoms with E-state index in [1.165, 1.54) is 0 Å². The minimum absolute atomic E-state index is 0.136. The van der Waals surface area contributed by atoms with Gasteiger partial charge in [-0.05, 0) is 31.3 Å². The van der Waals surface area contributed by atoms with Gasteiger partial charge in [0.1, 0.15) is 10.7 Å². The molecule has 0 bridgehead atoms. The van der Waals surface area contributed by atoms with Gasteiger partial charge in [-0.15, -0.1) is 6.42 Å². The molecule has 0 radical (unpaired) electrons. The lowest BCUT2D eigenvalue weighted by Gasteiger charge is -2.42. The molecule has 2 aromatic rings.